The van der Waals surface area contributed by atoms with Crippen molar-refractivity contribution in [2.45, 2.75) is 103 Å². The number of anilines is 1. The third kappa shape index (κ3) is 7.37. The van der Waals surface area contributed by atoms with Gasteiger partial charge in [-0.15, -0.1) is 0 Å². The second kappa shape index (κ2) is 13.7. The van der Waals surface area contributed by atoms with Crippen LogP contribution in [-0.2, 0) is 10.2 Å². The van der Waals surface area contributed by atoms with E-state index in [-0.39, 0.29) is 16.9 Å². The van der Waals surface area contributed by atoms with Crippen LogP contribution < -0.4 is 10.2 Å². The monoisotopic (exact) mass is 501 g/mol. The molecule has 0 bridgehead atoms. The lowest BCUT2D eigenvalue weighted by atomic mass is 9.81. The predicted octanol–water partition coefficient (Wildman–Crippen LogP) is 8.00. The number of hydrogen-bond acceptors (Lipinski definition) is 3. The summed E-state index contributed by atoms with van der Waals surface area (Å²) in [5.74, 6) is -0.252. The molecule has 0 heterocycles. The van der Waals surface area contributed by atoms with Crippen LogP contribution in [0.4, 0.5) is 5.69 Å². The Balaban J connectivity index is 1.44. The van der Waals surface area contributed by atoms with Crippen molar-refractivity contribution in [3.05, 3.63) is 58.2 Å². The van der Waals surface area contributed by atoms with E-state index in [1.54, 1.807) is 6.08 Å². The minimum atomic E-state index is -0.252. The van der Waals surface area contributed by atoms with Crippen molar-refractivity contribution in [3.63, 3.8) is 0 Å². The van der Waals surface area contributed by atoms with Gasteiger partial charge in [-0.3, -0.25) is 4.79 Å². The molecule has 0 aromatic heterocycles. The molecular weight excluding hydrogens is 454 g/mol. The zero-order chi connectivity index (χ0) is 26.8. The number of nitrogens with one attached hydrogen (secondary N) is 1. The summed E-state index contributed by atoms with van der Waals surface area (Å²) in [6.07, 6.45) is 18.9. The minimum Gasteiger partial charge on any atom is -0.378 e. The van der Waals surface area contributed by atoms with E-state index in [0.29, 0.717) is 6.54 Å². The summed E-state index contributed by atoms with van der Waals surface area (Å²) >= 11 is 0. The van der Waals surface area contributed by atoms with E-state index < -0.39 is 0 Å². The van der Waals surface area contributed by atoms with Crippen molar-refractivity contribution in [1.29, 1.82) is 5.26 Å². The van der Waals surface area contributed by atoms with Crippen molar-refractivity contribution in [2.24, 2.45) is 0 Å². The lowest BCUT2D eigenvalue weighted by Gasteiger charge is -2.24. The third-order valence-corrected chi connectivity index (χ3v) is 7.99. The van der Waals surface area contributed by atoms with Gasteiger partial charge in [-0.2, -0.15) is 5.26 Å². The molecule has 2 aliphatic rings. The Labute approximate surface area is 225 Å². The first-order valence-electron chi connectivity index (χ1n) is 14.5. The topological polar surface area (TPSA) is 56.1 Å². The SMILES string of the molecule is CCCCCCCCCCCCCNC(=O)/C(C#N)=C/C1=CC2=C(C1)c1ccc(N(C)C)cc1C2(C)C. The number of allylic oxidation sites excluding steroid dienone is 5. The first kappa shape index (κ1) is 28.8. The Morgan fingerprint density at radius 3 is 2.24 bits per heavy atom. The maximum absolute atomic E-state index is 12.7. The molecule has 0 aliphatic heterocycles. The van der Waals surface area contributed by atoms with Crippen LogP contribution in [0, 0.1) is 11.3 Å². The molecule has 0 radical (unpaired) electrons. The van der Waals surface area contributed by atoms with Crippen LogP contribution >= 0.6 is 0 Å². The standard InChI is InChI=1S/C33H47N3O/c1-6-7-8-9-10-11-12-13-14-15-16-19-35-32(37)26(24-34)20-25-21-29-28-18-17-27(36(4)5)23-31(28)33(2,3)30(29)22-25/h17-18,20,22-23H,6-16,19,21H2,1-5H3,(H,35,37)/b26-20+. The molecule has 0 atom stereocenters. The van der Waals surface area contributed by atoms with Gasteiger partial charge in [0.25, 0.3) is 5.91 Å². The smallest absolute Gasteiger partial charge is 0.261 e. The zero-order valence-corrected chi connectivity index (χ0v) is 23.9. The number of nitriles is 1. The summed E-state index contributed by atoms with van der Waals surface area (Å²) in [6, 6.07) is 8.81. The zero-order valence-electron chi connectivity index (χ0n) is 23.9. The molecule has 3 rings (SSSR count). The van der Waals surface area contributed by atoms with Crippen molar-refractivity contribution in [2.75, 3.05) is 25.5 Å². The third-order valence-electron chi connectivity index (χ3n) is 7.99. The number of carbonyl (C=O) groups excluding carboxylic acids is 1. The number of fused-ring (bicyclic) bond motifs is 2. The number of nitrogens with zero attached hydrogens (tertiary/aromatic N) is 2. The number of unbranched alkanes of at least 4 members (excludes halogenated alkanes) is 10. The van der Waals surface area contributed by atoms with Gasteiger partial charge < -0.3 is 10.2 Å². The molecule has 1 aromatic rings. The van der Waals surface area contributed by atoms with E-state index in [9.17, 15) is 10.1 Å². The lowest BCUT2D eigenvalue weighted by molar-refractivity contribution is -0.117. The quantitative estimate of drug-likeness (QED) is 0.150. The van der Waals surface area contributed by atoms with Crippen molar-refractivity contribution in [1.82, 2.24) is 5.32 Å². The summed E-state index contributed by atoms with van der Waals surface area (Å²) < 4.78 is 0. The lowest BCUT2D eigenvalue weighted by Crippen LogP contribution is -2.25. The van der Waals surface area contributed by atoms with E-state index in [2.05, 4.69) is 75.4 Å². The van der Waals surface area contributed by atoms with Gasteiger partial charge in [-0.1, -0.05) is 97.1 Å². The highest BCUT2D eigenvalue weighted by Crippen LogP contribution is 2.53. The van der Waals surface area contributed by atoms with Crippen molar-refractivity contribution in [3.8, 4) is 6.07 Å². The van der Waals surface area contributed by atoms with Crippen molar-refractivity contribution < 1.29 is 4.79 Å². The first-order valence-corrected chi connectivity index (χ1v) is 14.5. The van der Waals surface area contributed by atoms with E-state index in [4.69, 9.17) is 0 Å². The molecular formula is C33H47N3O. The number of hydrogen-bond donors (Lipinski definition) is 1. The maximum Gasteiger partial charge on any atom is 0.261 e. The Hall–Kier alpha value is -2.80. The highest BCUT2D eigenvalue weighted by molar-refractivity contribution is 5.98. The van der Waals surface area contributed by atoms with Crippen LogP contribution in [0.15, 0.2) is 47.1 Å². The van der Waals surface area contributed by atoms with Gasteiger partial charge in [-0.05, 0) is 58.9 Å². The molecule has 1 aromatic carbocycles. The van der Waals surface area contributed by atoms with Gasteiger partial charge in [-0.25, -0.2) is 0 Å². The van der Waals surface area contributed by atoms with Crippen LogP contribution in [0.5, 0.6) is 0 Å². The first-order chi connectivity index (χ1) is 17.8. The van der Waals surface area contributed by atoms with Crippen LogP contribution in [-0.4, -0.2) is 26.5 Å². The predicted molar refractivity (Wildman–Crippen MR) is 157 cm³/mol. The maximum atomic E-state index is 12.7. The average Bonchev–Trinajstić information content (AvgIpc) is 3.39. The normalized spacial score (nSPS) is 15.8. The fourth-order valence-electron chi connectivity index (χ4n) is 5.67. The van der Waals surface area contributed by atoms with E-state index in [1.807, 2.05) is 0 Å². The molecule has 4 heteroatoms. The molecule has 200 valence electrons. The fraction of sp³-hybridized carbons (Fsp3) is 0.576. The number of carbonyl (C=O) groups is 1. The van der Waals surface area contributed by atoms with Gasteiger partial charge >= 0.3 is 0 Å². The highest BCUT2D eigenvalue weighted by atomic mass is 16.1. The summed E-state index contributed by atoms with van der Waals surface area (Å²) in [6.45, 7) is 7.43. The fourth-order valence-corrected chi connectivity index (χ4v) is 5.67. The number of rotatable bonds is 15. The molecule has 2 aliphatic carbocycles. The molecule has 0 spiro atoms. The van der Waals surface area contributed by atoms with E-state index in [1.165, 1.54) is 85.7 Å². The van der Waals surface area contributed by atoms with Crippen LogP contribution in [0.2, 0.25) is 0 Å². The Morgan fingerprint density at radius 2 is 1.65 bits per heavy atom. The Morgan fingerprint density at radius 1 is 1.03 bits per heavy atom. The average molecular weight is 502 g/mol. The molecule has 1 N–H and O–H groups in total. The molecule has 4 nitrogen and oxygen atoms in total. The largest absolute Gasteiger partial charge is 0.378 e. The van der Waals surface area contributed by atoms with Gasteiger partial charge in [0.15, 0.2) is 0 Å². The summed E-state index contributed by atoms with van der Waals surface area (Å²) in [7, 11) is 4.14. The van der Waals surface area contributed by atoms with Gasteiger partial charge in [0, 0.05) is 31.7 Å². The second-order valence-electron chi connectivity index (χ2n) is 11.5. The summed E-state index contributed by atoms with van der Waals surface area (Å²) in [5.41, 5.74) is 7.66. The molecule has 0 fully saturated rings. The minimum absolute atomic E-state index is 0.0869. The summed E-state index contributed by atoms with van der Waals surface area (Å²) in [5, 5.41) is 12.6. The van der Waals surface area contributed by atoms with Gasteiger partial charge in [0.2, 0.25) is 0 Å². The second-order valence-corrected chi connectivity index (χ2v) is 11.5. The Bertz CT molecular complexity index is 1080. The van der Waals surface area contributed by atoms with E-state index in [0.717, 1.165) is 24.8 Å². The molecule has 37 heavy (non-hydrogen) atoms. The van der Waals surface area contributed by atoms with Gasteiger partial charge in [0.1, 0.15) is 11.6 Å². The Kier molecular flexibility index (Phi) is 10.6. The van der Waals surface area contributed by atoms with E-state index >= 15 is 0 Å². The van der Waals surface area contributed by atoms with Crippen molar-refractivity contribution >= 4 is 17.2 Å². The molecule has 0 saturated heterocycles. The molecule has 0 unspecified atom stereocenters. The van der Waals surface area contributed by atoms with Crippen LogP contribution in [0.1, 0.15) is 109 Å². The highest BCUT2D eigenvalue weighted by Gasteiger charge is 2.39. The number of benzene rings is 1. The van der Waals surface area contributed by atoms with Crippen LogP contribution in [0.25, 0.3) is 5.57 Å². The van der Waals surface area contributed by atoms with Crippen LogP contribution in [0.3, 0.4) is 0 Å². The summed E-state index contributed by atoms with van der Waals surface area (Å²) in [4.78, 5) is 14.8. The van der Waals surface area contributed by atoms with Gasteiger partial charge in [0.05, 0.1) is 0 Å². The molecule has 1 amide bonds. The molecule has 0 saturated carbocycles. The number of amides is 1.